The molecule has 4 aromatic rings. The maximum atomic E-state index is 5.16. The number of benzene rings is 1. The van der Waals surface area contributed by atoms with E-state index in [1.807, 2.05) is 29.7 Å². The number of aromatic nitrogens is 4. The van der Waals surface area contributed by atoms with E-state index in [2.05, 4.69) is 46.0 Å². The van der Waals surface area contributed by atoms with Crippen molar-refractivity contribution < 1.29 is 4.84 Å². The molecule has 7 heteroatoms. The molecule has 2 aliphatic rings. The van der Waals surface area contributed by atoms with Crippen LogP contribution in [0.5, 0.6) is 0 Å². The molecule has 1 saturated carbocycles. The average molecular weight is 470 g/mol. The third-order valence-electron chi connectivity index (χ3n) is 6.62. The van der Waals surface area contributed by atoms with E-state index >= 15 is 0 Å². The highest BCUT2D eigenvalue weighted by molar-refractivity contribution is 7.15. The van der Waals surface area contributed by atoms with Crippen molar-refractivity contribution in [1.82, 2.24) is 19.7 Å². The maximum absolute atomic E-state index is 5.16. The van der Waals surface area contributed by atoms with Crippen LogP contribution in [0.15, 0.2) is 47.8 Å². The number of pyridine rings is 1. The lowest BCUT2D eigenvalue weighted by atomic mass is 9.95. The lowest BCUT2D eigenvalue weighted by Crippen LogP contribution is -2.06. The molecule has 3 aromatic heterocycles. The van der Waals surface area contributed by atoms with E-state index in [1.54, 1.807) is 13.3 Å². The van der Waals surface area contributed by atoms with Crippen molar-refractivity contribution in [3.8, 4) is 27.5 Å². The number of hydrogen-bond donors (Lipinski definition) is 0. The number of rotatable bonds is 7. The van der Waals surface area contributed by atoms with E-state index in [4.69, 9.17) is 14.9 Å². The second-order valence-electron chi connectivity index (χ2n) is 9.02. The average Bonchev–Trinajstić information content (AvgIpc) is 3.46. The molecule has 1 aromatic carbocycles. The largest absolute Gasteiger partial charge is 0.399 e. The Balaban J connectivity index is 1.48. The fraction of sp³-hybridized carbons (Fsp3) is 0.333. The van der Waals surface area contributed by atoms with E-state index in [0.29, 0.717) is 0 Å². The van der Waals surface area contributed by atoms with Crippen LogP contribution in [0.2, 0.25) is 0 Å². The molecule has 0 atom stereocenters. The Hall–Kier alpha value is -3.32. The molecule has 0 unspecified atom stereocenters. The van der Waals surface area contributed by atoms with Crippen molar-refractivity contribution in [2.75, 3.05) is 7.11 Å². The quantitative estimate of drug-likeness (QED) is 0.259. The molecule has 0 amide bonds. The van der Waals surface area contributed by atoms with Crippen molar-refractivity contribution in [2.24, 2.45) is 11.1 Å². The molecule has 6 rings (SSSR count). The molecule has 0 saturated heterocycles. The van der Waals surface area contributed by atoms with Gasteiger partial charge in [-0.3, -0.25) is 4.98 Å². The molecule has 0 radical (unpaired) electrons. The van der Waals surface area contributed by atoms with E-state index in [1.165, 1.54) is 39.7 Å². The summed E-state index contributed by atoms with van der Waals surface area (Å²) < 4.78 is 2.10. The third kappa shape index (κ3) is 3.94. The predicted octanol–water partition coefficient (Wildman–Crippen LogP) is 5.65. The molecule has 2 aliphatic carbocycles. The van der Waals surface area contributed by atoms with Crippen LogP contribution in [0, 0.1) is 5.92 Å². The molecule has 172 valence electrons. The Morgan fingerprint density at radius 3 is 2.71 bits per heavy atom. The zero-order valence-corrected chi connectivity index (χ0v) is 20.3. The minimum absolute atomic E-state index is 0.831. The molecular weight excluding hydrogens is 442 g/mol. The summed E-state index contributed by atoms with van der Waals surface area (Å²) in [6, 6.07) is 12.5. The van der Waals surface area contributed by atoms with Crippen LogP contribution in [0.25, 0.3) is 27.5 Å². The van der Waals surface area contributed by atoms with Crippen molar-refractivity contribution in [1.29, 1.82) is 0 Å². The van der Waals surface area contributed by atoms with Crippen LogP contribution < -0.4 is 0 Å². The van der Waals surface area contributed by atoms with Crippen molar-refractivity contribution in [3.05, 3.63) is 70.1 Å². The number of fused-ring (bicyclic) bond motifs is 3. The normalized spacial score (nSPS) is 14.9. The lowest BCUT2D eigenvalue weighted by Gasteiger charge is -2.14. The summed E-state index contributed by atoms with van der Waals surface area (Å²) in [5.74, 6) is 0.831. The molecule has 0 bridgehead atoms. The van der Waals surface area contributed by atoms with E-state index in [-0.39, 0.29) is 0 Å². The van der Waals surface area contributed by atoms with Crippen LogP contribution in [0.4, 0.5) is 0 Å². The van der Waals surface area contributed by atoms with Gasteiger partial charge in [0.25, 0.3) is 0 Å². The Morgan fingerprint density at radius 1 is 1.15 bits per heavy atom. The second kappa shape index (κ2) is 8.80. The van der Waals surface area contributed by atoms with Crippen LogP contribution in [-0.4, -0.2) is 33.1 Å². The van der Waals surface area contributed by atoms with Gasteiger partial charge in [0.05, 0.1) is 38.9 Å². The summed E-state index contributed by atoms with van der Waals surface area (Å²) in [7, 11) is 1.55. The van der Waals surface area contributed by atoms with Gasteiger partial charge < -0.3 is 4.84 Å². The highest BCUT2D eigenvalue weighted by Gasteiger charge is 2.31. The van der Waals surface area contributed by atoms with Crippen LogP contribution in [-0.2, 0) is 30.5 Å². The molecule has 1 fully saturated rings. The summed E-state index contributed by atoms with van der Waals surface area (Å²) in [6.07, 6.45) is 10.3. The number of aryl methyl sites for hydroxylation is 2. The minimum Gasteiger partial charge on any atom is -0.399 e. The number of thiazole rings is 1. The van der Waals surface area contributed by atoms with Crippen molar-refractivity contribution in [2.45, 2.75) is 45.4 Å². The van der Waals surface area contributed by atoms with Gasteiger partial charge in [-0.05, 0) is 67.9 Å². The first-order valence-corrected chi connectivity index (χ1v) is 12.8. The van der Waals surface area contributed by atoms with E-state index < -0.39 is 0 Å². The lowest BCUT2D eigenvalue weighted by molar-refractivity contribution is 0.215. The van der Waals surface area contributed by atoms with Gasteiger partial charge in [0.1, 0.15) is 7.11 Å². The molecule has 34 heavy (non-hydrogen) atoms. The monoisotopic (exact) mass is 469 g/mol. The van der Waals surface area contributed by atoms with Gasteiger partial charge in [-0.15, -0.1) is 11.3 Å². The van der Waals surface area contributed by atoms with Gasteiger partial charge >= 0.3 is 0 Å². The zero-order valence-electron chi connectivity index (χ0n) is 19.5. The molecule has 6 nitrogen and oxygen atoms in total. The van der Waals surface area contributed by atoms with Gasteiger partial charge in [-0.2, -0.15) is 5.10 Å². The SMILES string of the molecule is CCc1ccc(-c2nn(-c3ccc(/C=N/OC)cc3)c3c2CCc2nc(CC4CC4)sc2-3)cn1. The van der Waals surface area contributed by atoms with E-state index in [0.717, 1.165) is 59.8 Å². The fourth-order valence-electron chi connectivity index (χ4n) is 4.58. The first-order valence-electron chi connectivity index (χ1n) is 12.0. The highest BCUT2D eigenvalue weighted by atomic mass is 32.1. The first-order chi connectivity index (χ1) is 16.7. The number of nitrogens with zero attached hydrogens (tertiary/aromatic N) is 5. The standard InChI is InChI=1S/C27H27N5OS/c1-3-20-9-8-19(16-28-20)25-22-12-13-23-27(34-24(30-23)14-17-4-5-17)26(22)32(31-25)21-10-6-18(7-11-21)15-29-33-2/h6-11,15-17H,3-5,12-14H2,1-2H3/b29-15+. The summed E-state index contributed by atoms with van der Waals surface area (Å²) in [5.41, 5.74) is 8.92. The first kappa shape index (κ1) is 21.2. The molecule has 0 aliphatic heterocycles. The highest BCUT2D eigenvalue weighted by Crippen LogP contribution is 2.44. The minimum atomic E-state index is 0.831. The Morgan fingerprint density at radius 2 is 2.00 bits per heavy atom. The van der Waals surface area contributed by atoms with Crippen LogP contribution in [0.3, 0.4) is 0 Å². The zero-order chi connectivity index (χ0) is 23.1. The predicted molar refractivity (Wildman–Crippen MR) is 136 cm³/mol. The smallest absolute Gasteiger partial charge is 0.106 e. The van der Waals surface area contributed by atoms with Gasteiger partial charge in [-0.1, -0.05) is 24.2 Å². The van der Waals surface area contributed by atoms with Gasteiger partial charge in [-0.25, -0.2) is 9.67 Å². The molecule has 3 heterocycles. The van der Waals surface area contributed by atoms with Gasteiger partial charge in [0, 0.05) is 29.4 Å². The topological polar surface area (TPSA) is 65.2 Å². The summed E-state index contributed by atoms with van der Waals surface area (Å²) in [4.78, 5) is 15.8. The van der Waals surface area contributed by atoms with Crippen LogP contribution in [0.1, 0.15) is 47.3 Å². The second-order valence-corrected chi connectivity index (χ2v) is 10.1. The Bertz CT molecular complexity index is 1350. The summed E-state index contributed by atoms with van der Waals surface area (Å²) in [5, 5.41) is 10.3. The molecule has 0 N–H and O–H groups in total. The maximum Gasteiger partial charge on any atom is 0.106 e. The summed E-state index contributed by atoms with van der Waals surface area (Å²) >= 11 is 1.86. The Labute approximate surface area is 203 Å². The van der Waals surface area contributed by atoms with Gasteiger partial charge in [0.15, 0.2) is 0 Å². The number of hydrogen-bond acceptors (Lipinski definition) is 6. The number of oxime groups is 1. The fourth-order valence-corrected chi connectivity index (χ4v) is 5.87. The van der Waals surface area contributed by atoms with E-state index in [9.17, 15) is 0 Å². The third-order valence-corrected chi connectivity index (χ3v) is 7.74. The Kier molecular flexibility index (Phi) is 5.49. The van der Waals surface area contributed by atoms with Crippen molar-refractivity contribution in [3.63, 3.8) is 0 Å². The molecule has 0 spiro atoms. The van der Waals surface area contributed by atoms with Crippen molar-refractivity contribution >= 4 is 17.6 Å². The summed E-state index contributed by atoms with van der Waals surface area (Å²) in [6.45, 7) is 2.13. The van der Waals surface area contributed by atoms with Crippen LogP contribution >= 0.6 is 11.3 Å². The molecular formula is C27H27N5OS. The van der Waals surface area contributed by atoms with Gasteiger partial charge in [0.2, 0.25) is 0 Å².